The highest BCUT2D eigenvalue weighted by Gasteiger charge is 2.09. The molecule has 0 atom stereocenters. The molecule has 2 rings (SSSR count). The van der Waals surface area contributed by atoms with Crippen LogP contribution in [0.1, 0.15) is 18.9 Å². The zero-order valence-electron chi connectivity index (χ0n) is 10.1. The fourth-order valence-corrected chi connectivity index (χ4v) is 1.75. The lowest BCUT2D eigenvalue weighted by molar-refractivity contribution is -0.124. The molecular formula is C12H13N3O3. The van der Waals surface area contributed by atoms with Gasteiger partial charge in [-0.25, -0.2) is 4.79 Å². The number of nitrogens with one attached hydrogen (secondary N) is 3. The normalized spacial score (nSPS) is 10.6. The first kappa shape index (κ1) is 12.1. The van der Waals surface area contributed by atoms with Crippen LogP contribution in [0.25, 0.3) is 11.0 Å². The fraction of sp³-hybridized carbons (Fsp3) is 0.250. The molecule has 3 N–H and O–H groups in total. The zero-order valence-corrected chi connectivity index (χ0v) is 10.1. The molecule has 18 heavy (non-hydrogen) atoms. The highest BCUT2D eigenvalue weighted by atomic mass is 16.2. The standard InChI is InChI=1S/C12H13N3O3/c1-6-3-9-10(15-12(18)14-9)5-8(6)13-11(17)4-7(2)16/h3,5H,4H2,1-2H3,(H,13,17)(H2,14,15,18). The van der Waals surface area contributed by atoms with Gasteiger partial charge in [-0.15, -0.1) is 0 Å². The molecule has 0 aliphatic carbocycles. The van der Waals surface area contributed by atoms with Gasteiger partial charge in [0, 0.05) is 5.69 Å². The molecule has 0 radical (unpaired) electrons. The molecule has 0 bridgehead atoms. The van der Waals surface area contributed by atoms with Crippen LogP contribution in [0.4, 0.5) is 5.69 Å². The number of fused-ring (bicyclic) bond motifs is 1. The van der Waals surface area contributed by atoms with Crippen molar-refractivity contribution in [1.29, 1.82) is 0 Å². The van der Waals surface area contributed by atoms with Crippen molar-refractivity contribution in [3.8, 4) is 0 Å². The quantitative estimate of drug-likeness (QED) is 0.708. The van der Waals surface area contributed by atoms with E-state index in [9.17, 15) is 14.4 Å². The van der Waals surface area contributed by atoms with E-state index in [-0.39, 0.29) is 23.8 Å². The van der Waals surface area contributed by atoms with Crippen molar-refractivity contribution in [2.24, 2.45) is 0 Å². The number of aromatic amines is 2. The maximum Gasteiger partial charge on any atom is 0.323 e. The monoisotopic (exact) mass is 247 g/mol. The summed E-state index contributed by atoms with van der Waals surface area (Å²) in [7, 11) is 0. The molecule has 94 valence electrons. The number of aromatic nitrogens is 2. The number of hydrogen-bond acceptors (Lipinski definition) is 3. The Hall–Kier alpha value is -2.37. The number of Topliss-reactive ketones (excluding diaryl/α,β-unsaturated/α-hetero) is 1. The molecule has 0 unspecified atom stereocenters. The molecule has 0 aliphatic heterocycles. The summed E-state index contributed by atoms with van der Waals surface area (Å²) < 4.78 is 0. The molecule has 0 saturated carbocycles. The van der Waals surface area contributed by atoms with Gasteiger partial charge >= 0.3 is 5.69 Å². The minimum absolute atomic E-state index is 0.152. The van der Waals surface area contributed by atoms with E-state index in [0.717, 1.165) is 5.56 Å². The van der Waals surface area contributed by atoms with Crippen LogP contribution >= 0.6 is 0 Å². The van der Waals surface area contributed by atoms with E-state index in [1.807, 2.05) is 6.92 Å². The predicted octanol–water partition coefficient (Wildman–Crippen LogP) is 1.08. The highest BCUT2D eigenvalue weighted by molar-refractivity contribution is 6.04. The van der Waals surface area contributed by atoms with Crippen LogP contribution in [0.5, 0.6) is 0 Å². The van der Waals surface area contributed by atoms with Gasteiger partial charge in [-0.2, -0.15) is 0 Å². The minimum Gasteiger partial charge on any atom is -0.325 e. The van der Waals surface area contributed by atoms with E-state index in [1.165, 1.54) is 6.92 Å². The number of anilines is 1. The van der Waals surface area contributed by atoms with Gasteiger partial charge < -0.3 is 15.3 Å². The lowest BCUT2D eigenvalue weighted by Crippen LogP contribution is -2.15. The Kier molecular flexibility index (Phi) is 3.01. The van der Waals surface area contributed by atoms with Crippen molar-refractivity contribution in [1.82, 2.24) is 9.97 Å². The minimum atomic E-state index is -0.358. The van der Waals surface area contributed by atoms with E-state index < -0.39 is 0 Å². The summed E-state index contributed by atoms with van der Waals surface area (Å²) in [4.78, 5) is 38.7. The Morgan fingerprint density at radius 1 is 1.22 bits per heavy atom. The number of rotatable bonds is 3. The van der Waals surface area contributed by atoms with Crippen LogP contribution in [-0.4, -0.2) is 21.7 Å². The SMILES string of the molecule is CC(=O)CC(=O)Nc1cc2[nH]c(=O)[nH]c2cc1C. The molecule has 0 aliphatic rings. The van der Waals surface area contributed by atoms with Gasteiger partial charge in [-0.1, -0.05) is 0 Å². The van der Waals surface area contributed by atoms with E-state index in [1.54, 1.807) is 12.1 Å². The van der Waals surface area contributed by atoms with E-state index in [4.69, 9.17) is 0 Å². The molecule has 0 saturated heterocycles. The summed E-state index contributed by atoms with van der Waals surface area (Å²) in [5, 5.41) is 2.65. The smallest absolute Gasteiger partial charge is 0.323 e. The summed E-state index contributed by atoms with van der Waals surface area (Å²) in [6, 6.07) is 3.43. The van der Waals surface area contributed by atoms with Gasteiger partial charge in [0.15, 0.2) is 0 Å². The van der Waals surface area contributed by atoms with Crippen LogP contribution in [-0.2, 0) is 9.59 Å². The van der Waals surface area contributed by atoms with E-state index >= 15 is 0 Å². The average Bonchev–Trinajstić information content (AvgIpc) is 2.56. The van der Waals surface area contributed by atoms with Crippen LogP contribution in [0.15, 0.2) is 16.9 Å². The first-order valence-corrected chi connectivity index (χ1v) is 5.47. The molecule has 6 heteroatoms. The summed E-state index contributed by atoms with van der Waals surface area (Å²) in [6.07, 6.45) is -0.152. The maximum atomic E-state index is 11.5. The second kappa shape index (κ2) is 4.48. The Labute approximate surface area is 102 Å². The third-order valence-electron chi connectivity index (χ3n) is 2.54. The van der Waals surface area contributed by atoms with Crippen LogP contribution < -0.4 is 11.0 Å². The Balaban J connectivity index is 2.32. The van der Waals surface area contributed by atoms with Crippen LogP contribution in [0.2, 0.25) is 0 Å². The third-order valence-corrected chi connectivity index (χ3v) is 2.54. The molecule has 0 spiro atoms. The lowest BCUT2D eigenvalue weighted by atomic mass is 10.1. The van der Waals surface area contributed by atoms with Crippen molar-refractivity contribution >= 4 is 28.4 Å². The third kappa shape index (κ3) is 2.48. The molecule has 1 amide bonds. The molecule has 0 fully saturated rings. The van der Waals surface area contributed by atoms with Crippen molar-refractivity contribution in [2.75, 3.05) is 5.32 Å². The summed E-state index contributed by atoms with van der Waals surface area (Å²) in [6.45, 7) is 3.17. The van der Waals surface area contributed by atoms with Crippen LogP contribution in [0, 0.1) is 6.92 Å². The zero-order chi connectivity index (χ0) is 13.3. The Morgan fingerprint density at radius 3 is 2.44 bits per heavy atom. The first-order valence-electron chi connectivity index (χ1n) is 5.47. The number of H-pyrrole nitrogens is 2. The number of imidazole rings is 1. The molecule has 2 aromatic rings. The predicted molar refractivity (Wildman–Crippen MR) is 67.6 cm³/mol. The van der Waals surface area contributed by atoms with Gasteiger partial charge in [-0.3, -0.25) is 9.59 Å². The molecular weight excluding hydrogens is 234 g/mol. The number of hydrogen-bond donors (Lipinski definition) is 3. The Morgan fingerprint density at radius 2 is 1.83 bits per heavy atom. The topological polar surface area (TPSA) is 94.8 Å². The van der Waals surface area contributed by atoms with Gasteiger partial charge in [-0.05, 0) is 31.5 Å². The van der Waals surface area contributed by atoms with Crippen molar-refractivity contribution in [2.45, 2.75) is 20.3 Å². The van der Waals surface area contributed by atoms with Crippen molar-refractivity contribution in [3.05, 3.63) is 28.2 Å². The average molecular weight is 247 g/mol. The second-order valence-electron chi connectivity index (χ2n) is 4.22. The van der Waals surface area contributed by atoms with Crippen molar-refractivity contribution in [3.63, 3.8) is 0 Å². The number of aryl methyl sites for hydroxylation is 1. The summed E-state index contributed by atoms with van der Waals surface area (Å²) in [5.74, 6) is -0.552. The summed E-state index contributed by atoms with van der Waals surface area (Å²) >= 11 is 0. The molecule has 1 aromatic heterocycles. The fourth-order valence-electron chi connectivity index (χ4n) is 1.75. The number of carbonyl (C=O) groups is 2. The molecule has 6 nitrogen and oxygen atoms in total. The van der Waals surface area contributed by atoms with Gasteiger partial charge in [0.1, 0.15) is 5.78 Å². The van der Waals surface area contributed by atoms with Crippen molar-refractivity contribution < 1.29 is 9.59 Å². The lowest BCUT2D eigenvalue weighted by Gasteiger charge is -2.07. The van der Waals surface area contributed by atoms with E-state index in [0.29, 0.717) is 16.7 Å². The largest absolute Gasteiger partial charge is 0.325 e. The summed E-state index contributed by atoms with van der Waals surface area (Å²) in [5.41, 5.74) is 2.40. The highest BCUT2D eigenvalue weighted by Crippen LogP contribution is 2.20. The maximum absolute atomic E-state index is 11.5. The molecule has 1 heterocycles. The van der Waals surface area contributed by atoms with Gasteiger partial charge in [0.25, 0.3) is 0 Å². The first-order chi connectivity index (χ1) is 8.45. The second-order valence-corrected chi connectivity index (χ2v) is 4.22. The number of ketones is 1. The van der Waals surface area contributed by atoms with Crippen LogP contribution in [0.3, 0.4) is 0 Å². The Bertz CT molecular complexity index is 681. The van der Waals surface area contributed by atoms with Gasteiger partial charge in [0.2, 0.25) is 5.91 Å². The number of benzene rings is 1. The van der Waals surface area contributed by atoms with Gasteiger partial charge in [0.05, 0.1) is 17.5 Å². The number of carbonyl (C=O) groups excluding carboxylic acids is 2. The molecule has 1 aromatic carbocycles. The number of amides is 1. The van der Waals surface area contributed by atoms with E-state index in [2.05, 4.69) is 15.3 Å².